The maximum atomic E-state index is 13.6. The highest BCUT2D eigenvalue weighted by Crippen LogP contribution is 2.28. The molecule has 5 aromatic rings. The second kappa shape index (κ2) is 7.94. The van der Waals surface area contributed by atoms with E-state index in [1.54, 1.807) is 22.9 Å². The van der Waals surface area contributed by atoms with Crippen LogP contribution in [0.15, 0.2) is 77.7 Å². The Labute approximate surface area is 188 Å². The Bertz CT molecular complexity index is 1520. The summed E-state index contributed by atoms with van der Waals surface area (Å²) in [5.41, 5.74) is 8.46. The summed E-state index contributed by atoms with van der Waals surface area (Å²) < 4.78 is 1.67. The molecule has 0 fully saturated rings. The molecule has 5 rings (SSSR count). The van der Waals surface area contributed by atoms with Crippen molar-refractivity contribution in [2.45, 2.75) is 13.0 Å². The molecule has 0 spiro atoms. The number of hydrogen-bond acceptors (Lipinski definition) is 6. The van der Waals surface area contributed by atoms with Crippen LogP contribution in [-0.4, -0.2) is 19.5 Å². The van der Waals surface area contributed by atoms with E-state index in [1.165, 1.54) is 0 Å². The smallest absolute Gasteiger partial charge is 0.264 e. The number of aromatic nitrogens is 4. The van der Waals surface area contributed by atoms with Crippen molar-refractivity contribution in [3.05, 3.63) is 94.0 Å². The van der Waals surface area contributed by atoms with Crippen LogP contribution in [0.3, 0.4) is 0 Å². The standard InChI is InChI=1S/C24H19ClN6O/c1-14(28-22-21-18(11-6-12-27-21)29-24(26)30-22)19-13-15-7-5-10-17(25)20(15)23(32)31(19)16-8-3-2-4-9-16/h2-14H,1H3,(H3,26,28,29,30). The molecule has 0 aliphatic carbocycles. The van der Waals surface area contributed by atoms with E-state index in [4.69, 9.17) is 17.3 Å². The van der Waals surface area contributed by atoms with Gasteiger partial charge < -0.3 is 11.1 Å². The van der Waals surface area contributed by atoms with E-state index < -0.39 is 0 Å². The van der Waals surface area contributed by atoms with Crippen molar-refractivity contribution in [3.8, 4) is 5.69 Å². The van der Waals surface area contributed by atoms with Crippen molar-refractivity contribution in [2.24, 2.45) is 0 Å². The predicted octanol–water partition coefficient (Wildman–Crippen LogP) is 4.74. The van der Waals surface area contributed by atoms with Gasteiger partial charge in [-0.15, -0.1) is 0 Å². The summed E-state index contributed by atoms with van der Waals surface area (Å²) in [4.78, 5) is 26.6. The number of anilines is 2. The maximum absolute atomic E-state index is 13.6. The Balaban J connectivity index is 1.71. The zero-order valence-corrected chi connectivity index (χ0v) is 17.9. The number of fused-ring (bicyclic) bond motifs is 2. The summed E-state index contributed by atoms with van der Waals surface area (Å²) in [6.07, 6.45) is 1.68. The minimum atomic E-state index is -0.314. The number of pyridine rings is 2. The molecular formula is C24H19ClN6O. The summed E-state index contributed by atoms with van der Waals surface area (Å²) in [6.45, 7) is 1.96. The quantitative estimate of drug-likeness (QED) is 0.417. The van der Waals surface area contributed by atoms with E-state index in [9.17, 15) is 4.79 Å². The number of hydrogen-bond donors (Lipinski definition) is 2. The first kappa shape index (κ1) is 20.0. The van der Waals surface area contributed by atoms with Gasteiger partial charge in [0, 0.05) is 17.6 Å². The van der Waals surface area contributed by atoms with Crippen LogP contribution in [0.4, 0.5) is 11.8 Å². The number of benzene rings is 2. The molecule has 0 aliphatic rings. The minimum Gasteiger partial charge on any atom is -0.368 e. The van der Waals surface area contributed by atoms with Gasteiger partial charge in [0.2, 0.25) is 5.95 Å². The van der Waals surface area contributed by atoms with Crippen LogP contribution in [0.25, 0.3) is 27.5 Å². The van der Waals surface area contributed by atoms with Gasteiger partial charge in [0.25, 0.3) is 5.56 Å². The van der Waals surface area contributed by atoms with Crippen LogP contribution >= 0.6 is 11.6 Å². The van der Waals surface area contributed by atoms with Crippen LogP contribution in [0.2, 0.25) is 5.02 Å². The van der Waals surface area contributed by atoms with Crippen molar-refractivity contribution in [1.82, 2.24) is 19.5 Å². The van der Waals surface area contributed by atoms with Crippen LogP contribution < -0.4 is 16.6 Å². The molecule has 0 aliphatic heterocycles. The lowest BCUT2D eigenvalue weighted by molar-refractivity contribution is 0.774. The third-order valence-corrected chi connectivity index (χ3v) is 5.62. The molecule has 7 nitrogen and oxygen atoms in total. The van der Waals surface area contributed by atoms with Crippen LogP contribution in [0, 0.1) is 0 Å². The average molecular weight is 443 g/mol. The zero-order valence-electron chi connectivity index (χ0n) is 17.2. The topological polar surface area (TPSA) is 98.7 Å². The lowest BCUT2D eigenvalue weighted by atomic mass is 10.1. The number of rotatable bonds is 4. The molecule has 158 valence electrons. The molecule has 3 heterocycles. The van der Waals surface area contributed by atoms with E-state index in [0.29, 0.717) is 27.3 Å². The van der Waals surface area contributed by atoms with E-state index in [2.05, 4.69) is 20.3 Å². The Hall–Kier alpha value is -3.97. The van der Waals surface area contributed by atoms with Gasteiger partial charge in [-0.05, 0) is 48.7 Å². The molecule has 1 atom stereocenters. The Morgan fingerprint density at radius 2 is 1.84 bits per heavy atom. The third kappa shape index (κ3) is 3.42. The van der Waals surface area contributed by atoms with E-state index >= 15 is 0 Å². The third-order valence-electron chi connectivity index (χ3n) is 5.31. The fraction of sp³-hybridized carbons (Fsp3) is 0.0833. The number of halogens is 1. The monoisotopic (exact) mass is 442 g/mol. The van der Waals surface area contributed by atoms with Crippen LogP contribution in [0.1, 0.15) is 18.7 Å². The van der Waals surface area contributed by atoms with Crippen molar-refractivity contribution in [3.63, 3.8) is 0 Å². The highest BCUT2D eigenvalue weighted by Gasteiger charge is 2.19. The summed E-state index contributed by atoms with van der Waals surface area (Å²) in [5.74, 6) is 0.643. The molecule has 3 aromatic heterocycles. The first-order chi connectivity index (χ1) is 15.5. The molecular weight excluding hydrogens is 424 g/mol. The van der Waals surface area contributed by atoms with Crippen molar-refractivity contribution in [1.29, 1.82) is 0 Å². The van der Waals surface area contributed by atoms with Gasteiger partial charge in [-0.3, -0.25) is 14.3 Å². The van der Waals surface area contributed by atoms with Crippen molar-refractivity contribution in [2.75, 3.05) is 11.1 Å². The molecule has 0 bridgehead atoms. The van der Waals surface area contributed by atoms with Crippen LogP contribution in [0.5, 0.6) is 0 Å². The zero-order chi connectivity index (χ0) is 22.2. The SMILES string of the molecule is CC(Nc1nc(N)nc2cccnc12)c1cc2cccc(Cl)c2c(=O)n1-c1ccccc1. The molecule has 32 heavy (non-hydrogen) atoms. The molecule has 3 N–H and O–H groups in total. The normalized spacial score (nSPS) is 12.2. The molecule has 8 heteroatoms. The summed E-state index contributed by atoms with van der Waals surface area (Å²) in [6, 6.07) is 20.2. The van der Waals surface area contributed by atoms with Gasteiger partial charge in [0.1, 0.15) is 5.52 Å². The van der Waals surface area contributed by atoms with Crippen molar-refractivity contribution < 1.29 is 0 Å². The highest BCUT2D eigenvalue weighted by atomic mass is 35.5. The Morgan fingerprint density at radius 1 is 1.03 bits per heavy atom. The molecule has 0 saturated carbocycles. The number of para-hydroxylation sites is 1. The van der Waals surface area contributed by atoms with Crippen LogP contribution in [-0.2, 0) is 0 Å². The minimum absolute atomic E-state index is 0.144. The number of nitrogens with two attached hydrogens (primary N) is 1. The average Bonchev–Trinajstić information content (AvgIpc) is 2.79. The van der Waals surface area contributed by atoms with Crippen molar-refractivity contribution >= 4 is 45.2 Å². The first-order valence-electron chi connectivity index (χ1n) is 10.1. The number of nitrogen functional groups attached to an aromatic ring is 1. The number of nitrogens with zero attached hydrogens (tertiary/aromatic N) is 4. The molecule has 1 unspecified atom stereocenters. The molecule has 0 saturated heterocycles. The van der Waals surface area contributed by atoms with Gasteiger partial charge in [0.05, 0.1) is 22.0 Å². The first-order valence-corrected chi connectivity index (χ1v) is 10.4. The number of nitrogens with one attached hydrogen (secondary N) is 1. The predicted molar refractivity (Wildman–Crippen MR) is 128 cm³/mol. The lowest BCUT2D eigenvalue weighted by Crippen LogP contribution is -2.26. The summed E-state index contributed by atoms with van der Waals surface area (Å²) >= 11 is 6.40. The fourth-order valence-electron chi connectivity index (χ4n) is 3.87. The van der Waals surface area contributed by atoms with Gasteiger partial charge in [0.15, 0.2) is 5.82 Å². The largest absolute Gasteiger partial charge is 0.368 e. The molecule has 0 radical (unpaired) electrons. The van der Waals surface area contributed by atoms with E-state index in [1.807, 2.05) is 61.5 Å². The second-order valence-electron chi connectivity index (χ2n) is 7.42. The van der Waals surface area contributed by atoms with Gasteiger partial charge in [-0.2, -0.15) is 4.98 Å². The molecule has 0 amide bonds. The maximum Gasteiger partial charge on any atom is 0.264 e. The molecule has 2 aromatic carbocycles. The summed E-state index contributed by atoms with van der Waals surface area (Å²) in [7, 11) is 0. The van der Waals surface area contributed by atoms with E-state index in [0.717, 1.165) is 16.8 Å². The van der Waals surface area contributed by atoms with E-state index in [-0.39, 0.29) is 17.5 Å². The van der Waals surface area contributed by atoms with Gasteiger partial charge in [-0.25, -0.2) is 4.98 Å². The second-order valence-corrected chi connectivity index (χ2v) is 7.82. The van der Waals surface area contributed by atoms with Gasteiger partial charge in [-0.1, -0.05) is 41.9 Å². The van der Waals surface area contributed by atoms with Gasteiger partial charge >= 0.3 is 0 Å². The summed E-state index contributed by atoms with van der Waals surface area (Å²) in [5, 5.41) is 5.04. The Morgan fingerprint density at radius 3 is 2.66 bits per heavy atom. The highest BCUT2D eigenvalue weighted by molar-refractivity contribution is 6.35. The lowest BCUT2D eigenvalue weighted by Gasteiger charge is -2.22. The fourth-order valence-corrected chi connectivity index (χ4v) is 4.13. The Kier molecular flexibility index (Phi) is 4.95.